The molecule has 1 atom stereocenters. The van der Waals surface area contributed by atoms with E-state index < -0.39 is 21.7 Å². The van der Waals surface area contributed by atoms with Gasteiger partial charge in [-0.05, 0) is 79.7 Å². The van der Waals surface area contributed by atoms with Gasteiger partial charge in [0.15, 0.2) is 11.6 Å². The van der Waals surface area contributed by atoms with E-state index in [9.17, 15) is 17.2 Å². The van der Waals surface area contributed by atoms with Crippen molar-refractivity contribution in [2.24, 2.45) is 5.92 Å². The van der Waals surface area contributed by atoms with Crippen LogP contribution in [0.15, 0.2) is 45.8 Å². The second-order valence-electron chi connectivity index (χ2n) is 12.3. The summed E-state index contributed by atoms with van der Waals surface area (Å²) in [4.78, 5) is 10.6. The van der Waals surface area contributed by atoms with Crippen LogP contribution in [0.4, 0.5) is 14.6 Å². The van der Waals surface area contributed by atoms with E-state index in [1.54, 1.807) is 17.4 Å². The number of fused-ring (bicyclic) bond motifs is 4. The van der Waals surface area contributed by atoms with Crippen LogP contribution in [0.1, 0.15) is 61.0 Å². The summed E-state index contributed by atoms with van der Waals surface area (Å²) in [6.45, 7) is 3.85. The number of nitrogens with one attached hydrogen (secondary N) is 1. The topological polar surface area (TPSA) is 123 Å². The molecule has 1 aromatic carbocycles. The number of thiophene rings is 1. The summed E-state index contributed by atoms with van der Waals surface area (Å²) in [5.41, 5.74) is 2.98. The third-order valence-electron chi connectivity index (χ3n) is 9.33. The number of hydrogen-bond acceptors (Lipinski definition) is 10. The van der Waals surface area contributed by atoms with Gasteiger partial charge >= 0.3 is 0 Å². The standard InChI is InChI=1S/C33H32F2N6O4S2/c1-18-39-40-33(45-18)27-24(7-5-19-9-13-44-14-10-19)38-29-25-3-2-12-41(25)47(42,43)31(29)28(27)26-16-21-8-11-36-32(30(21)46-26)37-17-20-4-6-22(34)23(35)15-20/h4,6,8,11,15-16,19,25H,2-3,5,7,9-10,12-14,17H2,1H3,(H,36,37). The first kappa shape index (κ1) is 30.5. The van der Waals surface area contributed by atoms with Gasteiger partial charge in [0.2, 0.25) is 21.8 Å². The number of nitrogens with zero attached hydrogens (tertiary/aromatic N) is 5. The monoisotopic (exact) mass is 678 g/mol. The second kappa shape index (κ2) is 12.0. The van der Waals surface area contributed by atoms with E-state index in [1.165, 1.54) is 17.4 Å². The van der Waals surface area contributed by atoms with Crippen LogP contribution in [0.2, 0.25) is 0 Å². The Morgan fingerprint density at radius 1 is 1.06 bits per heavy atom. The lowest BCUT2D eigenvalue weighted by Gasteiger charge is -2.22. The quantitative estimate of drug-likeness (QED) is 0.189. The van der Waals surface area contributed by atoms with Gasteiger partial charge < -0.3 is 14.5 Å². The molecule has 0 saturated carbocycles. The van der Waals surface area contributed by atoms with Gasteiger partial charge in [-0.25, -0.2) is 22.2 Å². The van der Waals surface area contributed by atoms with E-state index >= 15 is 0 Å². The van der Waals surface area contributed by atoms with Crippen LogP contribution in [0, 0.1) is 24.5 Å². The number of hydrogen-bond donors (Lipinski definition) is 1. The minimum atomic E-state index is -3.87. The van der Waals surface area contributed by atoms with Gasteiger partial charge in [-0.1, -0.05) is 6.07 Å². The molecule has 0 radical (unpaired) electrons. The highest BCUT2D eigenvalue weighted by atomic mass is 32.2. The lowest BCUT2D eigenvalue weighted by Crippen LogP contribution is -2.23. The van der Waals surface area contributed by atoms with E-state index in [-0.39, 0.29) is 23.4 Å². The average Bonchev–Trinajstić information content (AvgIpc) is 3.86. The number of aromatic nitrogens is 4. The molecule has 0 spiro atoms. The first-order valence-electron chi connectivity index (χ1n) is 15.8. The maximum atomic E-state index is 14.3. The van der Waals surface area contributed by atoms with Crippen LogP contribution in [-0.2, 0) is 27.7 Å². The minimum absolute atomic E-state index is 0.207. The van der Waals surface area contributed by atoms with Crippen LogP contribution in [0.5, 0.6) is 0 Å². The minimum Gasteiger partial charge on any atom is -0.421 e. The zero-order valence-electron chi connectivity index (χ0n) is 25.6. The van der Waals surface area contributed by atoms with E-state index in [0.717, 1.165) is 66.8 Å². The highest BCUT2D eigenvalue weighted by Crippen LogP contribution is 2.53. The van der Waals surface area contributed by atoms with Crippen molar-refractivity contribution in [3.05, 3.63) is 71.0 Å². The SMILES string of the molecule is Cc1nnc(-c2c(CCC3CCOCC3)nc3c(c2-c2cc4ccnc(NCc5ccc(F)c(F)c5)c4s2)S(=O)(=O)N2CCCC32)o1. The Hall–Kier alpha value is -3.85. The third kappa shape index (κ3) is 5.40. The fourth-order valence-corrected chi connectivity index (χ4v) is 10.3. The molecule has 0 amide bonds. The number of ether oxygens (including phenoxy) is 1. The molecule has 1 unspecified atom stereocenters. The van der Waals surface area contributed by atoms with Crippen LogP contribution >= 0.6 is 11.3 Å². The molecule has 5 aromatic rings. The molecule has 10 nitrogen and oxygen atoms in total. The number of rotatable bonds is 8. The summed E-state index contributed by atoms with van der Waals surface area (Å²) in [7, 11) is -3.87. The summed E-state index contributed by atoms with van der Waals surface area (Å²) < 4.78 is 70.0. The Labute approximate surface area is 274 Å². The van der Waals surface area contributed by atoms with Crippen molar-refractivity contribution in [1.29, 1.82) is 0 Å². The smallest absolute Gasteiger partial charge is 0.250 e. The molecule has 4 aromatic heterocycles. The number of pyridine rings is 2. The Balaban J connectivity index is 1.29. The molecule has 3 aliphatic rings. The Morgan fingerprint density at radius 3 is 2.70 bits per heavy atom. The van der Waals surface area contributed by atoms with Crippen molar-refractivity contribution in [3.63, 3.8) is 0 Å². The Morgan fingerprint density at radius 2 is 1.91 bits per heavy atom. The summed E-state index contributed by atoms with van der Waals surface area (Å²) in [5.74, 6) is -0.189. The number of halogens is 2. The molecule has 14 heteroatoms. The van der Waals surface area contributed by atoms with Gasteiger partial charge in [0.05, 0.1) is 27.7 Å². The fourth-order valence-electron chi connectivity index (χ4n) is 7.01. The molecular weight excluding hydrogens is 647 g/mol. The number of aryl methyl sites for hydroxylation is 2. The molecule has 47 heavy (non-hydrogen) atoms. The fraction of sp³-hybridized carbons (Fsp3) is 0.394. The van der Waals surface area contributed by atoms with Gasteiger partial charge in [0, 0.05) is 49.9 Å². The zero-order valence-corrected chi connectivity index (χ0v) is 27.3. The first-order valence-corrected chi connectivity index (χ1v) is 18.1. The van der Waals surface area contributed by atoms with Crippen molar-refractivity contribution < 1.29 is 26.4 Å². The van der Waals surface area contributed by atoms with Crippen LogP contribution < -0.4 is 5.32 Å². The first-order chi connectivity index (χ1) is 22.8. The predicted octanol–water partition coefficient (Wildman–Crippen LogP) is 6.81. The molecule has 2 saturated heterocycles. The number of sulfonamides is 1. The molecule has 244 valence electrons. The van der Waals surface area contributed by atoms with Gasteiger partial charge in [-0.15, -0.1) is 21.5 Å². The lowest BCUT2D eigenvalue weighted by atomic mass is 9.91. The maximum Gasteiger partial charge on any atom is 0.250 e. The molecular formula is C33H32F2N6O4S2. The third-order valence-corrected chi connectivity index (χ3v) is 12.5. The van der Waals surface area contributed by atoms with Crippen molar-refractivity contribution in [2.45, 2.75) is 62.9 Å². The summed E-state index contributed by atoms with van der Waals surface area (Å²) in [6, 6.07) is 7.30. The van der Waals surface area contributed by atoms with E-state index in [2.05, 4.69) is 20.5 Å². The van der Waals surface area contributed by atoms with Crippen molar-refractivity contribution >= 4 is 37.3 Å². The molecule has 1 N–H and O–H groups in total. The highest BCUT2D eigenvalue weighted by molar-refractivity contribution is 7.89. The zero-order chi connectivity index (χ0) is 32.3. The van der Waals surface area contributed by atoms with E-state index in [1.807, 2.05) is 12.1 Å². The maximum absolute atomic E-state index is 14.3. The summed E-state index contributed by atoms with van der Waals surface area (Å²) >= 11 is 1.41. The Kier molecular flexibility index (Phi) is 7.78. The number of anilines is 1. The van der Waals surface area contributed by atoms with E-state index in [0.29, 0.717) is 64.3 Å². The predicted molar refractivity (Wildman–Crippen MR) is 172 cm³/mol. The second-order valence-corrected chi connectivity index (χ2v) is 15.2. The molecule has 7 heterocycles. The largest absolute Gasteiger partial charge is 0.421 e. The Bertz CT molecular complexity index is 2110. The number of benzene rings is 1. The van der Waals surface area contributed by atoms with Crippen molar-refractivity contribution in [1.82, 2.24) is 24.5 Å². The lowest BCUT2D eigenvalue weighted by molar-refractivity contribution is 0.0639. The van der Waals surface area contributed by atoms with Gasteiger partial charge in [0.25, 0.3) is 0 Å². The molecule has 8 rings (SSSR count). The normalized spacial score (nSPS) is 19.3. The van der Waals surface area contributed by atoms with Crippen molar-refractivity contribution in [3.8, 4) is 21.9 Å². The summed E-state index contributed by atoms with van der Waals surface area (Å²) in [5, 5.41) is 12.6. The molecule has 3 aliphatic heterocycles. The molecule has 2 fully saturated rings. The van der Waals surface area contributed by atoms with Crippen LogP contribution in [0.25, 0.3) is 32.0 Å². The van der Waals surface area contributed by atoms with Gasteiger partial charge in [-0.3, -0.25) is 4.98 Å². The highest BCUT2D eigenvalue weighted by Gasteiger charge is 2.49. The van der Waals surface area contributed by atoms with Gasteiger partial charge in [0.1, 0.15) is 10.7 Å². The molecule has 0 bridgehead atoms. The summed E-state index contributed by atoms with van der Waals surface area (Å²) in [6.07, 6.45) is 6.61. The van der Waals surface area contributed by atoms with Crippen LogP contribution in [0.3, 0.4) is 0 Å². The molecule has 0 aliphatic carbocycles. The van der Waals surface area contributed by atoms with Gasteiger partial charge in [-0.2, -0.15) is 4.31 Å². The van der Waals surface area contributed by atoms with Crippen LogP contribution in [-0.4, -0.2) is 52.6 Å². The van der Waals surface area contributed by atoms with Crippen molar-refractivity contribution in [2.75, 3.05) is 25.1 Å². The average molecular weight is 679 g/mol. The van der Waals surface area contributed by atoms with E-state index in [4.69, 9.17) is 14.1 Å².